The van der Waals surface area contributed by atoms with Gasteiger partial charge in [0.2, 0.25) is 5.69 Å². The van der Waals surface area contributed by atoms with Crippen LogP contribution in [-0.2, 0) is 12.7 Å². The van der Waals surface area contributed by atoms with E-state index in [1.54, 1.807) is 18.2 Å². The van der Waals surface area contributed by atoms with E-state index in [-0.39, 0.29) is 22.8 Å². The molecule has 1 amide bonds. The van der Waals surface area contributed by atoms with Gasteiger partial charge in [-0.15, -0.1) is 11.3 Å². The van der Waals surface area contributed by atoms with Crippen molar-refractivity contribution in [1.29, 1.82) is 0 Å². The number of pyridine rings is 1. The lowest BCUT2D eigenvalue weighted by atomic mass is 10.1. The van der Waals surface area contributed by atoms with Gasteiger partial charge in [-0.2, -0.15) is 17.9 Å². The Hall–Kier alpha value is -2.65. The van der Waals surface area contributed by atoms with Crippen molar-refractivity contribution in [2.45, 2.75) is 12.7 Å². The van der Waals surface area contributed by atoms with Gasteiger partial charge < -0.3 is 10.5 Å². The third-order valence-corrected chi connectivity index (χ3v) is 4.81. The molecule has 0 bridgehead atoms. The predicted molar refractivity (Wildman–Crippen MR) is 94.1 cm³/mol. The van der Waals surface area contributed by atoms with Crippen LogP contribution in [-0.4, -0.2) is 10.9 Å². The molecule has 1 aromatic carbocycles. The molecule has 140 valence electrons. The van der Waals surface area contributed by atoms with Crippen molar-refractivity contribution in [2.75, 3.05) is 0 Å². The number of thiazole rings is 1. The lowest BCUT2D eigenvalue weighted by molar-refractivity contribution is -0.614. The first kappa shape index (κ1) is 19.1. The van der Waals surface area contributed by atoms with Crippen LogP contribution < -0.4 is 10.0 Å². The fourth-order valence-electron chi connectivity index (χ4n) is 2.25. The van der Waals surface area contributed by atoms with E-state index in [1.807, 2.05) is 0 Å². The fourth-order valence-corrected chi connectivity index (χ4v) is 3.27. The minimum atomic E-state index is -4.59. The van der Waals surface area contributed by atoms with Crippen molar-refractivity contribution < 1.29 is 22.7 Å². The number of alkyl halides is 3. The molecule has 0 unspecified atom stereocenters. The van der Waals surface area contributed by atoms with E-state index >= 15 is 0 Å². The normalized spacial score (nSPS) is 11.4. The summed E-state index contributed by atoms with van der Waals surface area (Å²) in [5.74, 6) is -0.536. The summed E-state index contributed by atoms with van der Waals surface area (Å²) < 4.78 is 39.6. The Morgan fingerprint density at radius 1 is 1.30 bits per heavy atom. The van der Waals surface area contributed by atoms with E-state index < -0.39 is 22.7 Å². The highest BCUT2D eigenvalue weighted by Gasteiger charge is 2.33. The van der Waals surface area contributed by atoms with E-state index in [2.05, 4.69) is 10.3 Å². The van der Waals surface area contributed by atoms with Gasteiger partial charge in [-0.05, 0) is 18.2 Å². The van der Waals surface area contributed by atoms with Crippen LogP contribution in [0.4, 0.5) is 13.2 Å². The van der Waals surface area contributed by atoms with Crippen LogP contribution in [0.3, 0.4) is 0 Å². The first-order valence-corrected chi connectivity index (χ1v) is 8.79. The Labute approximate surface area is 160 Å². The number of nitrogens with one attached hydrogen (secondary N) is 1. The van der Waals surface area contributed by atoms with E-state index in [4.69, 9.17) is 11.6 Å². The minimum Gasteiger partial charge on any atom is -0.618 e. The maximum atomic E-state index is 13.0. The largest absolute Gasteiger partial charge is 0.618 e. The molecule has 27 heavy (non-hydrogen) atoms. The standard InChI is InChI=1S/C17H11ClF3N3O2S/c18-13-5-4-10(7-12(13)17(19,20)21)16-23-14(9-27-16)15(25)22-8-11-3-1-2-6-24(11)26/h1-7,9H,8H2,(H,22,25). The van der Waals surface area contributed by atoms with Crippen LogP contribution in [0.1, 0.15) is 21.7 Å². The molecule has 2 aromatic heterocycles. The summed E-state index contributed by atoms with van der Waals surface area (Å²) in [5, 5.41) is 15.4. The van der Waals surface area contributed by atoms with Crippen LogP contribution >= 0.6 is 22.9 Å². The number of hydrogen-bond donors (Lipinski definition) is 1. The molecule has 0 aliphatic heterocycles. The SMILES string of the molecule is O=C(NCc1cccc[n+]1[O-])c1csc(-c2ccc(Cl)c(C(F)(F)F)c2)n1. The Balaban J connectivity index is 1.77. The molecule has 5 nitrogen and oxygen atoms in total. The maximum absolute atomic E-state index is 13.0. The Kier molecular flexibility index (Phi) is 5.33. The van der Waals surface area contributed by atoms with Crippen LogP contribution in [0, 0.1) is 5.21 Å². The molecule has 1 N–H and O–H groups in total. The number of carbonyl (C=O) groups is 1. The van der Waals surface area contributed by atoms with Crippen LogP contribution in [0.2, 0.25) is 5.02 Å². The molecule has 0 saturated carbocycles. The van der Waals surface area contributed by atoms with Crippen LogP contribution in [0.5, 0.6) is 0 Å². The van der Waals surface area contributed by atoms with E-state index in [9.17, 15) is 23.2 Å². The van der Waals surface area contributed by atoms with Crippen molar-refractivity contribution in [3.63, 3.8) is 0 Å². The van der Waals surface area contributed by atoms with Crippen molar-refractivity contribution >= 4 is 28.8 Å². The van der Waals surface area contributed by atoms with Gasteiger partial charge in [0.15, 0.2) is 6.20 Å². The average Bonchev–Trinajstić information content (AvgIpc) is 3.10. The Bertz CT molecular complexity index is 992. The average molecular weight is 414 g/mol. The maximum Gasteiger partial charge on any atom is 0.417 e. The monoisotopic (exact) mass is 413 g/mol. The number of amides is 1. The zero-order valence-corrected chi connectivity index (χ0v) is 15.0. The highest BCUT2D eigenvalue weighted by molar-refractivity contribution is 7.13. The minimum absolute atomic E-state index is 0.00476. The van der Waals surface area contributed by atoms with Gasteiger partial charge in [0.05, 0.1) is 10.6 Å². The van der Waals surface area contributed by atoms with Crippen molar-refractivity contribution in [2.24, 2.45) is 0 Å². The number of hydrogen-bond acceptors (Lipinski definition) is 4. The molecule has 3 rings (SSSR count). The Morgan fingerprint density at radius 3 is 2.78 bits per heavy atom. The summed E-state index contributed by atoms with van der Waals surface area (Å²) in [7, 11) is 0. The number of carbonyl (C=O) groups excluding carboxylic acids is 1. The summed E-state index contributed by atoms with van der Waals surface area (Å²) in [6, 6.07) is 8.23. The molecule has 0 spiro atoms. The highest BCUT2D eigenvalue weighted by Crippen LogP contribution is 2.37. The number of aromatic nitrogens is 2. The second kappa shape index (κ2) is 7.53. The summed E-state index contributed by atoms with van der Waals surface area (Å²) in [5.41, 5.74) is -0.371. The zero-order chi connectivity index (χ0) is 19.6. The Morgan fingerprint density at radius 2 is 2.07 bits per heavy atom. The lowest BCUT2D eigenvalue weighted by Crippen LogP contribution is -2.35. The molecule has 3 aromatic rings. The summed E-state index contributed by atoms with van der Waals surface area (Å²) in [4.78, 5) is 16.3. The molecule has 0 atom stereocenters. The molecular formula is C17H11ClF3N3O2S. The van der Waals surface area contributed by atoms with Crippen LogP contribution in [0.15, 0.2) is 48.0 Å². The van der Waals surface area contributed by atoms with E-state index in [0.29, 0.717) is 10.4 Å². The highest BCUT2D eigenvalue weighted by atomic mass is 35.5. The topological polar surface area (TPSA) is 68.9 Å². The van der Waals surface area contributed by atoms with Gasteiger partial charge in [0.1, 0.15) is 17.2 Å². The van der Waals surface area contributed by atoms with Gasteiger partial charge in [0.25, 0.3) is 5.91 Å². The second-order valence-corrected chi connectivity index (χ2v) is 6.70. The molecule has 0 aliphatic carbocycles. The zero-order valence-electron chi connectivity index (χ0n) is 13.5. The van der Waals surface area contributed by atoms with E-state index in [0.717, 1.165) is 23.5 Å². The number of halogens is 4. The lowest BCUT2D eigenvalue weighted by Gasteiger charge is -2.09. The number of benzene rings is 1. The molecule has 10 heteroatoms. The predicted octanol–water partition coefficient (Wildman–Crippen LogP) is 4.05. The van der Waals surface area contributed by atoms with Gasteiger partial charge in [-0.1, -0.05) is 17.7 Å². The second-order valence-electron chi connectivity index (χ2n) is 5.43. The molecule has 0 saturated heterocycles. The van der Waals surface area contributed by atoms with Gasteiger partial charge in [-0.25, -0.2) is 4.98 Å². The summed E-state index contributed by atoms with van der Waals surface area (Å²) in [6.07, 6.45) is -3.28. The molecule has 0 fully saturated rings. The number of nitrogens with zero attached hydrogens (tertiary/aromatic N) is 2. The summed E-state index contributed by atoms with van der Waals surface area (Å²) >= 11 is 6.64. The van der Waals surface area contributed by atoms with Gasteiger partial charge >= 0.3 is 6.18 Å². The van der Waals surface area contributed by atoms with Gasteiger partial charge in [0, 0.05) is 23.1 Å². The number of rotatable bonds is 4. The van der Waals surface area contributed by atoms with E-state index in [1.165, 1.54) is 17.6 Å². The molecule has 0 aliphatic rings. The first-order chi connectivity index (χ1) is 12.8. The van der Waals surface area contributed by atoms with Crippen molar-refractivity contribution in [3.8, 4) is 10.6 Å². The molecular weight excluding hydrogens is 403 g/mol. The first-order valence-electron chi connectivity index (χ1n) is 7.53. The third kappa shape index (κ3) is 4.37. The fraction of sp³-hybridized carbons (Fsp3) is 0.118. The summed E-state index contributed by atoms with van der Waals surface area (Å²) in [6.45, 7) is -0.00476. The molecule has 0 radical (unpaired) electrons. The smallest absolute Gasteiger partial charge is 0.417 e. The van der Waals surface area contributed by atoms with Crippen LogP contribution in [0.25, 0.3) is 10.6 Å². The van der Waals surface area contributed by atoms with Crippen molar-refractivity contribution in [3.05, 3.63) is 75.2 Å². The van der Waals surface area contributed by atoms with Crippen molar-refractivity contribution in [1.82, 2.24) is 10.3 Å². The third-order valence-electron chi connectivity index (χ3n) is 3.59. The van der Waals surface area contributed by atoms with Gasteiger partial charge in [-0.3, -0.25) is 4.79 Å². The molecule has 2 heterocycles. The quantitative estimate of drug-likeness (QED) is 0.518.